The quantitative estimate of drug-likeness (QED) is 0.898. The molecule has 0 bridgehead atoms. The Morgan fingerprint density at radius 3 is 2.57 bits per heavy atom. The van der Waals surface area contributed by atoms with E-state index in [4.69, 9.17) is 5.73 Å². The second-order valence-electron chi connectivity index (χ2n) is 5.78. The molecule has 6 heteroatoms. The number of amides is 1. The fourth-order valence-corrected chi connectivity index (χ4v) is 3.98. The topological polar surface area (TPSA) is 82.2 Å². The van der Waals surface area contributed by atoms with Gasteiger partial charge in [0.1, 0.15) is 21.5 Å². The standard InChI is InChI=1S/C15H22N4OS/c1-9(2)10-4-6-19(7-5-10)15-11(8-16)12(17)13(21-15)14(20)18-3/h9-10H,4-7,17H2,1-3H3,(H,18,20). The lowest BCUT2D eigenvalue weighted by Gasteiger charge is -2.34. The van der Waals surface area contributed by atoms with E-state index in [1.54, 1.807) is 7.05 Å². The van der Waals surface area contributed by atoms with Gasteiger partial charge in [-0.15, -0.1) is 11.3 Å². The molecule has 2 heterocycles. The average molecular weight is 306 g/mol. The summed E-state index contributed by atoms with van der Waals surface area (Å²) in [5, 5.41) is 12.8. The highest BCUT2D eigenvalue weighted by Gasteiger charge is 2.27. The first kappa shape index (κ1) is 15.6. The number of thiophene rings is 1. The van der Waals surface area contributed by atoms with Crippen molar-refractivity contribution in [2.75, 3.05) is 30.8 Å². The zero-order valence-electron chi connectivity index (χ0n) is 12.8. The van der Waals surface area contributed by atoms with E-state index in [0.29, 0.717) is 22.0 Å². The fraction of sp³-hybridized carbons (Fsp3) is 0.600. The summed E-state index contributed by atoms with van der Waals surface area (Å²) in [6, 6.07) is 2.16. The molecule has 0 spiro atoms. The molecule has 5 nitrogen and oxygen atoms in total. The van der Waals surface area contributed by atoms with Crippen molar-refractivity contribution >= 4 is 27.9 Å². The van der Waals surface area contributed by atoms with Crippen molar-refractivity contribution in [2.24, 2.45) is 11.8 Å². The maximum absolute atomic E-state index is 11.8. The van der Waals surface area contributed by atoms with E-state index in [2.05, 4.69) is 30.1 Å². The van der Waals surface area contributed by atoms with Crippen molar-refractivity contribution < 1.29 is 4.79 Å². The fourth-order valence-electron chi connectivity index (χ4n) is 2.81. The van der Waals surface area contributed by atoms with Crippen LogP contribution in [0.2, 0.25) is 0 Å². The van der Waals surface area contributed by atoms with Gasteiger partial charge in [-0.3, -0.25) is 4.79 Å². The summed E-state index contributed by atoms with van der Waals surface area (Å²) in [5.41, 5.74) is 6.73. The first-order valence-electron chi connectivity index (χ1n) is 7.29. The Kier molecular flexibility index (Phi) is 4.73. The monoisotopic (exact) mass is 306 g/mol. The van der Waals surface area contributed by atoms with Crippen LogP contribution in [-0.2, 0) is 0 Å². The summed E-state index contributed by atoms with van der Waals surface area (Å²) in [4.78, 5) is 14.5. The molecule has 0 aromatic carbocycles. The molecule has 0 saturated carbocycles. The number of carbonyl (C=O) groups excluding carboxylic acids is 1. The molecule has 1 aromatic heterocycles. The van der Waals surface area contributed by atoms with Crippen molar-refractivity contribution in [3.05, 3.63) is 10.4 Å². The molecule has 1 aliphatic rings. The number of nitrogens with zero attached hydrogens (tertiary/aromatic N) is 2. The van der Waals surface area contributed by atoms with Crippen LogP contribution in [0.5, 0.6) is 0 Å². The zero-order valence-corrected chi connectivity index (χ0v) is 13.6. The summed E-state index contributed by atoms with van der Waals surface area (Å²) in [5.74, 6) is 1.21. The molecule has 0 radical (unpaired) electrons. The molecule has 1 saturated heterocycles. The summed E-state index contributed by atoms with van der Waals surface area (Å²) >= 11 is 1.33. The molecule has 2 rings (SSSR count). The Balaban J connectivity index is 2.25. The summed E-state index contributed by atoms with van der Waals surface area (Å²) in [6.45, 7) is 6.36. The van der Waals surface area contributed by atoms with Gasteiger partial charge >= 0.3 is 0 Å². The van der Waals surface area contributed by atoms with Gasteiger partial charge in [0.15, 0.2) is 0 Å². The number of rotatable bonds is 3. The second-order valence-corrected chi connectivity index (χ2v) is 6.78. The molecule has 1 amide bonds. The number of anilines is 2. The van der Waals surface area contributed by atoms with Gasteiger partial charge in [0.05, 0.1) is 5.69 Å². The van der Waals surface area contributed by atoms with Crippen LogP contribution >= 0.6 is 11.3 Å². The Morgan fingerprint density at radius 2 is 2.10 bits per heavy atom. The first-order valence-corrected chi connectivity index (χ1v) is 8.10. The number of nitrogens with two attached hydrogens (primary N) is 1. The van der Waals surface area contributed by atoms with Gasteiger partial charge in [-0.1, -0.05) is 13.8 Å². The largest absolute Gasteiger partial charge is 0.396 e. The minimum atomic E-state index is -0.225. The third-order valence-electron chi connectivity index (χ3n) is 4.24. The van der Waals surface area contributed by atoms with Gasteiger partial charge in [-0.25, -0.2) is 0 Å². The van der Waals surface area contributed by atoms with Gasteiger partial charge < -0.3 is 16.0 Å². The van der Waals surface area contributed by atoms with Crippen molar-refractivity contribution in [1.82, 2.24) is 5.32 Å². The van der Waals surface area contributed by atoms with Crippen molar-refractivity contribution in [1.29, 1.82) is 5.26 Å². The number of nitrogen functional groups attached to an aromatic ring is 1. The second kappa shape index (κ2) is 6.35. The van der Waals surface area contributed by atoms with Crippen LogP contribution in [0.4, 0.5) is 10.7 Å². The van der Waals surface area contributed by atoms with Gasteiger partial charge in [0.2, 0.25) is 0 Å². The van der Waals surface area contributed by atoms with Gasteiger partial charge in [-0.2, -0.15) is 5.26 Å². The third-order valence-corrected chi connectivity index (χ3v) is 5.51. The predicted molar refractivity (Wildman–Crippen MR) is 86.6 cm³/mol. The number of piperidine rings is 1. The van der Waals surface area contributed by atoms with Crippen molar-refractivity contribution in [3.63, 3.8) is 0 Å². The van der Waals surface area contributed by atoms with Crippen LogP contribution in [0.3, 0.4) is 0 Å². The van der Waals surface area contributed by atoms with Crippen LogP contribution in [0.1, 0.15) is 41.9 Å². The molecule has 1 aromatic rings. The van der Waals surface area contributed by atoms with E-state index in [-0.39, 0.29) is 5.91 Å². The van der Waals surface area contributed by atoms with E-state index in [0.717, 1.165) is 36.9 Å². The minimum Gasteiger partial charge on any atom is -0.396 e. The minimum absolute atomic E-state index is 0.225. The molecular formula is C15H22N4OS. The number of nitrogens with one attached hydrogen (secondary N) is 1. The Hall–Kier alpha value is -1.74. The Morgan fingerprint density at radius 1 is 1.48 bits per heavy atom. The lowest BCUT2D eigenvalue weighted by Crippen LogP contribution is -2.35. The lowest BCUT2D eigenvalue weighted by molar-refractivity contribution is 0.0968. The predicted octanol–water partition coefficient (Wildman–Crippen LogP) is 2.43. The van der Waals surface area contributed by atoms with Crippen LogP contribution in [0, 0.1) is 23.2 Å². The highest BCUT2D eigenvalue weighted by atomic mass is 32.1. The normalized spacial score (nSPS) is 16.0. The number of nitriles is 1. The van der Waals surface area contributed by atoms with E-state index >= 15 is 0 Å². The molecule has 114 valence electrons. The van der Waals surface area contributed by atoms with Crippen molar-refractivity contribution in [3.8, 4) is 6.07 Å². The van der Waals surface area contributed by atoms with E-state index < -0.39 is 0 Å². The van der Waals surface area contributed by atoms with Gasteiger partial charge in [0.25, 0.3) is 5.91 Å². The Bertz CT molecular complexity index is 565. The zero-order chi connectivity index (χ0) is 15.6. The van der Waals surface area contributed by atoms with Crippen LogP contribution in [0.15, 0.2) is 0 Å². The molecule has 0 unspecified atom stereocenters. The number of carbonyl (C=O) groups is 1. The highest BCUT2D eigenvalue weighted by Crippen LogP contribution is 2.39. The van der Waals surface area contributed by atoms with E-state index in [1.165, 1.54) is 11.3 Å². The van der Waals surface area contributed by atoms with Crippen LogP contribution < -0.4 is 16.0 Å². The van der Waals surface area contributed by atoms with Crippen molar-refractivity contribution in [2.45, 2.75) is 26.7 Å². The molecule has 1 aliphatic heterocycles. The third kappa shape index (κ3) is 2.98. The Labute approximate surface area is 129 Å². The molecular weight excluding hydrogens is 284 g/mol. The molecule has 1 fully saturated rings. The molecule has 3 N–H and O–H groups in total. The SMILES string of the molecule is CNC(=O)c1sc(N2CCC(C(C)C)CC2)c(C#N)c1N. The maximum Gasteiger partial charge on any atom is 0.263 e. The van der Waals surface area contributed by atoms with Gasteiger partial charge in [0, 0.05) is 20.1 Å². The summed E-state index contributed by atoms with van der Waals surface area (Å²) < 4.78 is 0. The van der Waals surface area contributed by atoms with Gasteiger partial charge in [-0.05, 0) is 24.7 Å². The summed E-state index contributed by atoms with van der Waals surface area (Å²) in [6.07, 6.45) is 2.24. The summed E-state index contributed by atoms with van der Waals surface area (Å²) in [7, 11) is 1.57. The maximum atomic E-state index is 11.8. The van der Waals surface area contributed by atoms with E-state index in [1.807, 2.05) is 0 Å². The number of hydrogen-bond acceptors (Lipinski definition) is 5. The first-order chi connectivity index (χ1) is 9.99. The van der Waals surface area contributed by atoms with Crippen LogP contribution in [-0.4, -0.2) is 26.0 Å². The molecule has 21 heavy (non-hydrogen) atoms. The smallest absolute Gasteiger partial charge is 0.263 e. The molecule has 0 atom stereocenters. The highest BCUT2D eigenvalue weighted by molar-refractivity contribution is 7.19. The van der Waals surface area contributed by atoms with Crippen LogP contribution in [0.25, 0.3) is 0 Å². The van der Waals surface area contributed by atoms with E-state index in [9.17, 15) is 10.1 Å². The average Bonchev–Trinajstić information content (AvgIpc) is 2.83. The lowest BCUT2D eigenvalue weighted by atomic mass is 9.87. The molecule has 0 aliphatic carbocycles. The number of hydrogen-bond donors (Lipinski definition) is 2.